The summed E-state index contributed by atoms with van der Waals surface area (Å²) in [7, 11) is 0. The van der Waals surface area contributed by atoms with Crippen molar-refractivity contribution in [2.75, 3.05) is 45.9 Å². The Kier molecular flexibility index (Phi) is 4.90. The third kappa shape index (κ3) is 3.63. The first-order valence-corrected chi connectivity index (χ1v) is 8.42. The second-order valence-corrected chi connectivity index (χ2v) is 7.03. The highest BCUT2D eigenvalue weighted by Crippen LogP contribution is 2.28. The molecule has 2 aliphatic heterocycles. The minimum Gasteiger partial charge on any atom is -0.379 e. The summed E-state index contributed by atoms with van der Waals surface area (Å²) in [6.45, 7) is 7.87. The van der Waals surface area contributed by atoms with Crippen molar-refractivity contribution in [1.29, 1.82) is 0 Å². The minimum absolute atomic E-state index is 0.153. The lowest BCUT2D eigenvalue weighted by Crippen LogP contribution is -2.52. The summed E-state index contributed by atoms with van der Waals surface area (Å²) in [5.41, 5.74) is 0. The zero-order chi connectivity index (χ0) is 14.7. The molecule has 5 nitrogen and oxygen atoms in total. The van der Waals surface area contributed by atoms with Gasteiger partial charge in [0.25, 0.3) is 0 Å². The number of nitrogens with zero attached hydrogens (tertiary/aromatic N) is 1. The van der Waals surface area contributed by atoms with Crippen molar-refractivity contribution in [2.24, 2.45) is 5.92 Å². The molecular formula is C15H23N3O2S. The summed E-state index contributed by atoms with van der Waals surface area (Å²) in [4.78, 5) is 17.1. The number of aryl methyl sites for hydroxylation is 1. The molecule has 1 amide bonds. The van der Waals surface area contributed by atoms with Crippen LogP contribution < -0.4 is 10.6 Å². The third-order valence-corrected chi connectivity index (χ3v) is 5.30. The van der Waals surface area contributed by atoms with Gasteiger partial charge in [-0.05, 0) is 19.1 Å². The van der Waals surface area contributed by atoms with Crippen LogP contribution in [0.2, 0.25) is 0 Å². The molecule has 2 fully saturated rings. The highest BCUT2D eigenvalue weighted by Gasteiger charge is 2.28. The number of rotatable bonds is 5. The van der Waals surface area contributed by atoms with Crippen molar-refractivity contribution in [3.05, 3.63) is 21.9 Å². The van der Waals surface area contributed by atoms with Crippen LogP contribution in [-0.2, 0) is 9.53 Å². The lowest BCUT2D eigenvalue weighted by atomic mass is 10.0. The second-order valence-electron chi connectivity index (χ2n) is 5.71. The van der Waals surface area contributed by atoms with Crippen LogP contribution >= 0.6 is 11.3 Å². The fraction of sp³-hybridized carbons (Fsp3) is 0.667. The molecule has 0 saturated carbocycles. The first-order valence-electron chi connectivity index (χ1n) is 7.60. The summed E-state index contributed by atoms with van der Waals surface area (Å²) < 4.78 is 5.45. The largest absolute Gasteiger partial charge is 0.379 e. The van der Waals surface area contributed by atoms with E-state index in [1.165, 1.54) is 9.75 Å². The minimum atomic E-state index is 0.153. The van der Waals surface area contributed by atoms with E-state index >= 15 is 0 Å². The molecule has 116 valence electrons. The second kappa shape index (κ2) is 6.87. The van der Waals surface area contributed by atoms with Crippen molar-refractivity contribution in [3.63, 3.8) is 0 Å². The zero-order valence-corrected chi connectivity index (χ0v) is 13.2. The Morgan fingerprint density at radius 1 is 1.48 bits per heavy atom. The van der Waals surface area contributed by atoms with E-state index in [1.807, 2.05) is 11.3 Å². The zero-order valence-electron chi connectivity index (χ0n) is 12.4. The Hall–Kier alpha value is -0.950. The first kappa shape index (κ1) is 15.0. The molecule has 2 aliphatic rings. The van der Waals surface area contributed by atoms with Crippen LogP contribution in [0.3, 0.4) is 0 Å². The maximum Gasteiger partial charge on any atom is 0.225 e. The lowest BCUT2D eigenvalue weighted by Gasteiger charge is -2.35. The van der Waals surface area contributed by atoms with Crippen LogP contribution in [0, 0.1) is 12.8 Å². The maximum absolute atomic E-state index is 12.1. The van der Waals surface area contributed by atoms with Gasteiger partial charge >= 0.3 is 0 Å². The normalized spacial score (nSPS) is 21.8. The summed E-state index contributed by atoms with van der Waals surface area (Å²) >= 11 is 1.82. The molecule has 3 heterocycles. The fourth-order valence-corrected chi connectivity index (χ4v) is 3.76. The molecule has 0 spiro atoms. The molecule has 0 bridgehead atoms. The monoisotopic (exact) mass is 309 g/mol. The van der Waals surface area contributed by atoms with Gasteiger partial charge in [0.2, 0.25) is 5.91 Å². The summed E-state index contributed by atoms with van der Waals surface area (Å²) in [6.07, 6.45) is 0. The molecule has 1 atom stereocenters. The van der Waals surface area contributed by atoms with Crippen molar-refractivity contribution < 1.29 is 9.53 Å². The number of carbonyl (C=O) groups excluding carboxylic acids is 1. The molecule has 1 unspecified atom stereocenters. The SMILES string of the molecule is Cc1ccc(C(CNC(=O)C2CNC2)N2CCOCC2)s1. The Labute approximate surface area is 129 Å². The van der Waals surface area contributed by atoms with Crippen LogP contribution in [0.5, 0.6) is 0 Å². The smallest absolute Gasteiger partial charge is 0.225 e. The molecule has 1 aromatic rings. The third-order valence-electron chi connectivity index (χ3n) is 4.20. The molecule has 2 N–H and O–H groups in total. The van der Waals surface area contributed by atoms with Gasteiger partial charge in [0, 0.05) is 42.5 Å². The number of hydrogen-bond donors (Lipinski definition) is 2. The predicted octanol–water partition coefficient (Wildman–Crippen LogP) is 0.765. The van der Waals surface area contributed by atoms with Gasteiger partial charge in [-0.1, -0.05) is 0 Å². The highest BCUT2D eigenvalue weighted by atomic mass is 32.1. The Bertz CT molecular complexity index is 481. The lowest BCUT2D eigenvalue weighted by molar-refractivity contribution is -0.126. The highest BCUT2D eigenvalue weighted by molar-refractivity contribution is 7.12. The van der Waals surface area contributed by atoms with E-state index in [4.69, 9.17) is 4.74 Å². The summed E-state index contributed by atoms with van der Waals surface area (Å²) in [6, 6.07) is 4.62. The first-order chi connectivity index (χ1) is 10.2. The fourth-order valence-electron chi connectivity index (χ4n) is 2.75. The van der Waals surface area contributed by atoms with Gasteiger partial charge in [0.15, 0.2) is 0 Å². The van der Waals surface area contributed by atoms with Crippen LogP contribution in [0.15, 0.2) is 12.1 Å². The van der Waals surface area contributed by atoms with Crippen molar-refractivity contribution in [2.45, 2.75) is 13.0 Å². The van der Waals surface area contributed by atoms with E-state index in [1.54, 1.807) is 0 Å². The van der Waals surface area contributed by atoms with Gasteiger partial charge in [-0.3, -0.25) is 9.69 Å². The quantitative estimate of drug-likeness (QED) is 0.843. The van der Waals surface area contributed by atoms with E-state index < -0.39 is 0 Å². The number of carbonyl (C=O) groups is 1. The van der Waals surface area contributed by atoms with E-state index in [2.05, 4.69) is 34.6 Å². The van der Waals surface area contributed by atoms with Crippen molar-refractivity contribution >= 4 is 17.2 Å². The number of morpholine rings is 1. The summed E-state index contributed by atoms with van der Waals surface area (Å²) in [5.74, 6) is 0.334. The van der Waals surface area contributed by atoms with E-state index in [0.29, 0.717) is 6.54 Å². The van der Waals surface area contributed by atoms with E-state index in [-0.39, 0.29) is 17.9 Å². The maximum atomic E-state index is 12.1. The number of nitrogens with one attached hydrogen (secondary N) is 2. The molecule has 6 heteroatoms. The molecule has 0 aromatic carbocycles. The molecule has 2 saturated heterocycles. The van der Waals surface area contributed by atoms with Gasteiger partial charge in [-0.15, -0.1) is 11.3 Å². The Morgan fingerprint density at radius 3 is 2.81 bits per heavy atom. The van der Waals surface area contributed by atoms with Gasteiger partial charge in [0.05, 0.1) is 25.2 Å². The number of hydrogen-bond acceptors (Lipinski definition) is 5. The standard InChI is InChI=1S/C15H23N3O2S/c1-11-2-3-14(21-11)13(18-4-6-20-7-5-18)10-17-15(19)12-8-16-9-12/h2-3,12-13,16H,4-10H2,1H3,(H,17,19). The molecule has 1 aromatic heterocycles. The average molecular weight is 309 g/mol. The average Bonchev–Trinajstić information content (AvgIpc) is 2.85. The van der Waals surface area contributed by atoms with Crippen molar-refractivity contribution in [3.8, 4) is 0 Å². The molecule has 0 radical (unpaired) electrons. The molecular weight excluding hydrogens is 286 g/mol. The van der Waals surface area contributed by atoms with Gasteiger partial charge in [-0.2, -0.15) is 0 Å². The molecule has 0 aliphatic carbocycles. The van der Waals surface area contributed by atoms with Gasteiger partial charge < -0.3 is 15.4 Å². The number of amides is 1. The molecule has 3 rings (SSSR count). The van der Waals surface area contributed by atoms with Gasteiger partial charge in [0.1, 0.15) is 0 Å². The number of ether oxygens (including phenoxy) is 1. The Balaban J connectivity index is 1.64. The summed E-state index contributed by atoms with van der Waals surface area (Å²) in [5, 5.41) is 6.28. The van der Waals surface area contributed by atoms with Crippen LogP contribution in [0.1, 0.15) is 15.8 Å². The Morgan fingerprint density at radius 2 is 2.24 bits per heavy atom. The topological polar surface area (TPSA) is 53.6 Å². The van der Waals surface area contributed by atoms with E-state index in [9.17, 15) is 4.79 Å². The molecule has 21 heavy (non-hydrogen) atoms. The van der Waals surface area contributed by atoms with Crippen molar-refractivity contribution in [1.82, 2.24) is 15.5 Å². The van der Waals surface area contributed by atoms with Crippen LogP contribution in [-0.4, -0.2) is 56.7 Å². The number of thiophene rings is 1. The van der Waals surface area contributed by atoms with Crippen LogP contribution in [0.25, 0.3) is 0 Å². The van der Waals surface area contributed by atoms with E-state index in [0.717, 1.165) is 39.4 Å². The van der Waals surface area contributed by atoms with Crippen LogP contribution in [0.4, 0.5) is 0 Å². The van der Waals surface area contributed by atoms with Gasteiger partial charge in [-0.25, -0.2) is 0 Å². The predicted molar refractivity (Wildman–Crippen MR) is 83.6 cm³/mol.